The van der Waals surface area contributed by atoms with Crippen LogP contribution in [0.25, 0.3) is 0 Å². The van der Waals surface area contributed by atoms with Gasteiger partial charge in [-0.3, -0.25) is 9.52 Å². The van der Waals surface area contributed by atoms with E-state index in [9.17, 15) is 13.2 Å². The predicted octanol–water partition coefficient (Wildman–Crippen LogP) is 4.24. The maximum absolute atomic E-state index is 13.5. The number of morpholine rings is 1. The Bertz CT molecular complexity index is 1470. The summed E-state index contributed by atoms with van der Waals surface area (Å²) in [5.41, 5.74) is 3.83. The summed E-state index contributed by atoms with van der Waals surface area (Å²) in [7, 11) is -2.51. The summed E-state index contributed by atoms with van der Waals surface area (Å²) in [5, 5.41) is 0. The predicted molar refractivity (Wildman–Crippen MR) is 154 cm³/mol. The van der Waals surface area contributed by atoms with Crippen LogP contribution >= 0.6 is 0 Å². The molecule has 1 atom stereocenters. The van der Waals surface area contributed by atoms with Crippen LogP contribution < -0.4 is 19.1 Å². The molecular weight excluding hydrogens is 530 g/mol. The molecule has 9 nitrogen and oxygen atoms in total. The van der Waals surface area contributed by atoms with Gasteiger partial charge >= 0.3 is 0 Å². The van der Waals surface area contributed by atoms with Crippen LogP contribution in [0.1, 0.15) is 27.9 Å². The lowest BCUT2D eigenvalue weighted by molar-refractivity contribution is 0.0771. The molecule has 10 heteroatoms. The second-order valence-corrected chi connectivity index (χ2v) is 11.8. The zero-order valence-electron chi connectivity index (χ0n) is 23.1. The third-order valence-corrected chi connectivity index (χ3v) is 8.73. The average Bonchev–Trinajstić information content (AvgIpc) is 3.41. The summed E-state index contributed by atoms with van der Waals surface area (Å²) in [5.74, 6) is 0.800. The molecule has 2 heterocycles. The maximum atomic E-state index is 13.5. The number of benzene rings is 3. The number of carbonyl (C=O) groups excluding carboxylic acids is 1. The Morgan fingerprint density at radius 2 is 1.70 bits per heavy atom. The van der Waals surface area contributed by atoms with E-state index in [1.165, 1.54) is 7.11 Å². The van der Waals surface area contributed by atoms with Crippen molar-refractivity contribution >= 4 is 27.3 Å². The first-order valence-electron chi connectivity index (χ1n) is 13.4. The van der Waals surface area contributed by atoms with E-state index in [1.807, 2.05) is 43.0 Å². The maximum Gasteiger partial charge on any atom is 0.265 e. The summed E-state index contributed by atoms with van der Waals surface area (Å²) in [6, 6.07) is 17.9. The highest BCUT2D eigenvalue weighted by Crippen LogP contribution is 2.32. The highest BCUT2D eigenvalue weighted by Gasteiger charge is 2.30. The number of likely N-dealkylation sites (tertiary alicyclic amines) is 1. The third kappa shape index (κ3) is 6.03. The van der Waals surface area contributed by atoms with Gasteiger partial charge in [0.1, 0.15) is 22.5 Å². The van der Waals surface area contributed by atoms with Crippen molar-refractivity contribution in [1.29, 1.82) is 0 Å². The lowest BCUT2D eigenvalue weighted by atomic mass is 10.0. The van der Waals surface area contributed by atoms with Crippen LogP contribution in [0.5, 0.6) is 11.5 Å². The largest absolute Gasteiger partial charge is 0.495 e. The molecule has 1 amide bonds. The van der Waals surface area contributed by atoms with E-state index in [1.54, 1.807) is 36.4 Å². The number of ether oxygens (including phenoxy) is 3. The molecule has 0 saturated carbocycles. The molecule has 2 fully saturated rings. The normalized spacial score (nSPS) is 17.5. The van der Waals surface area contributed by atoms with Crippen LogP contribution in [0.2, 0.25) is 0 Å². The highest BCUT2D eigenvalue weighted by molar-refractivity contribution is 7.92. The second kappa shape index (κ2) is 11.8. The zero-order valence-corrected chi connectivity index (χ0v) is 23.9. The standard InChI is InChI=1S/C30H35N3O6S/c1-21-6-4-7-22(2)29(21)30(34)33-13-12-26(20-33)39-25-9-5-8-23(18-25)31-40(35,36)28-19-24(10-11-27(28)37-3)32-14-16-38-17-15-32/h4-11,18-19,26,31H,12-17,20H2,1-3H3/t26-/m0/s1. The SMILES string of the molecule is COc1ccc(N2CCOCC2)cc1S(=O)(=O)Nc1cccc(O[C@H]2CCN(C(=O)c3c(C)cccc3C)C2)c1. The second-order valence-electron chi connectivity index (χ2n) is 10.1. The van der Waals surface area contributed by atoms with Gasteiger partial charge in [0, 0.05) is 43.4 Å². The summed E-state index contributed by atoms with van der Waals surface area (Å²) in [6.07, 6.45) is 0.503. The Labute approximate surface area is 235 Å². The summed E-state index contributed by atoms with van der Waals surface area (Å²) >= 11 is 0. The number of sulfonamides is 1. The molecular formula is C30H35N3O6S. The number of carbonyl (C=O) groups is 1. The van der Waals surface area contributed by atoms with Crippen molar-refractivity contribution in [3.63, 3.8) is 0 Å². The number of rotatable bonds is 8. The number of amides is 1. The van der Waals surface area contributed by atoms with Crippen molar-refractivity contribution in [2.75, 3.05) is 56.1 Å². The van der Waals surface area contributed by atoms with Gasteiger partial charge in [-0.1, -0.05) is 24.3 Å². The smallest absolute Gasteiger partial charge is 0.265 e. The Hall–Kier alpha value is -3.76. The van der Waals surface area contributed by atoms with Crippen molar-refractivity contribution in [3.8, 4) is 11.5 Å². The first-order valence-corrected chi connectivity index (χ1v) is 14.9. The Kier molecular flexibility index (Phi) is 8.18. The average molecular weight is 566 g/mol. The van der Waals surface area contributed by atoms with E-state index in [0.717, 1.165) is 22.4 Å². The lowest BCUT2D eigenvalue weighted by Gasteiger charge is -2.29. The fourth-order valence-electron chi connectivity index (χ4n) is 5.25. The minimum absolute atomic E-state index is 0.0106. The highest BCUT2D eigenvalue weighted by atomic mass is 32.2. The van der Waals surface area contributed by atoms with Crippen LogP contribution in [0.3, 0.4) is 0 Å². The van der Waals surface area contributed by atoms with Crippen molar-refractivity contribution in [3.05, 3.63) is 77.4 Å². The Balaban J connectivity index is 1.28. The fourth-order valence-corrected chi connectivity index (χ4v) is 6.49. The number of methoxy groups -OCH3 is 1. The molecule has 1 N–H and O–H groups in total. The summed E-state index contributed by atoms with van der Waals surface area (Å²) < 4.78 is 46.6. The van der Waals surface area contributed by atoms with Crippen molar-refractivity contribution in [1.82, 2.24) is 4.90 Å². The van der Waals surface area contributed by atoms with Crippen LogP contribution in [0.15, 0.2) is 65.6 Å². The van der Waals surface area contributed by atoms with Crippen molar-refractivity contribution < 1.29 is 27.4 Å². The molecule has 0 aromatic heterocycles. The number of nitrogens with zero attached hydrogens (tertiary/aromatic N) is 2. The van der Waals surface area contributed by atoms with Crippen molar-refractivity contribution in [2.24, 2.45) is 0 Å². The quantitative estimate of drug-likeness (QED) is 0.436. The Morgan fingerprint density at radius 1 is 0.975 bits per heavy atom. The topological polar surface area (TPSA) is 97.4 Å². The molecule has 5 rings (SSSR count). The van der Waals surface area contributed by atoms with E-state index in [0.29, 0.717) is 57.3 Å². The van der Waals surface area contributed by atoms with E-state index < -0.39 is 10.0 Å². The molecule has 2 saturated heterocycles. The fraction of sp³-hybridized carbons (Fsp3) is 0.367. The van der Waals surface area contributed by atoms with Crippen LogP contribution in [0.4, 0.5) is 11.4 Å². The minimum atomic E-state index is -3.96. The van der Waals surface area contributed by atoms with E-state index in [2.05, 4.69) is 9.62 Å². The van der Waals surface area contributed by atoms with Gasteiger partial charge in [0.15, 0.2) is 0 Å². The van der Waals surface area contributed by atoms with Gasteiger partial charge < -0.3 is 24.0 Å². The number of anilines is 2. The molecule has 3 aromatic rings. The van der Waals surface area contributed by atoms with Crippen LogP contribution in [-0.4, -0.2) is 71.8 Å². The molecule has 40 heavy (non-hydrogen) atoms. The molecule has 212 valence electrons. The zero-order chi connectivity index (χ0) is 28.3. The van der Waals surface area contributed by atoms with Gasteiger partial charge in [0.05, 0.1) is 32.6 Å². The van der Waals surface area contributed by atoms with Gasteiger partial charge in [-0.15, -0.1) is 0 Å². The molecule has 2 aliphatic heterocycles. The number of hydrogen-bond donors (Lipinski definition) is 1. The molecule has 3 aromatic carbocycles. The van der Waals surface area contributed by atoms with E-state index in [4.69, 9.17) is 14.2 Å². The van der Waals surface area contributed by atoms with E-state index >= 15 is 0 Å². The minimum Gasteiger partial charge on any atom is -0.495 e. The van der Waals surface area contributed by atoms with Crippen molar-refractivity contribution in [2.45, 2.75) is 31.3 Å². The van der Waals surface area contributed by atoms with Gasteiger partial charge in [-0.05, 0) is 55.3 Å². The number of hydrogen-bond acceptors (Lipinski definition) is 7. The van der Waals surface area contributed by atoms with Crippen LogP contribution in [0, 0.1) is 13.8 Å². The third-order valence-electron chi connectivity index (χ3n) is 7.33. The molecule has 0 aliphatic carbocycles. The monoisotopic (exact) mass is 565 g/mol. The molecule has 0 unspecified atom stereocenters. The molecule has 0 spiro atoms. The molecule has 2 aliphatic rings. The van der Waals surface area contributed by atoms with E-state index in [-0.39, 0.29) is 22.7 Å². The lowest BCUT2D eigenvalue weighted by Crippen LogP contribution is -2.36. The summed E-state index contributed by atoms with van der Waals surface area (Å²) in [6.45, 7) is 7.53. The van der Waals surface area contributed by atoms with Crippen LogP contribution in [-0.2, 0) is 14.8 Å². The van der Waals surface area contributed by atoms with Gasteiger partial charge in [0.25, 0.3) is 15.9 Å². The summed E-state index contributed by atoms with van der Waals surface area (Å²) in [4.78, 5) is 17.2. The van der Waals surface area contributed by atoms with Gasteiger partial charge in [0.2, 0.25) is 0 Å². The Morgan fingerprint density at radius 3 is 2.42 bits per heavy atom. The number of nitrogens with one attached hydrogen (secondary N) is 1. The molecule has 0 radical (unpaired) electrons. The first-order chi connectivity index (χ1) is 19.2. The molecule has 0 bridgehead atoms. The first kappa shape index (κ1) is 27.8. The van der Waals surface area contributed by atoms with Gasteiger partial charge in [-0.25, -0.2) is 8.42 Å². The van der Waals surface area contributed by atoms with Gasteiger partial charge in [-0.2, -0.15) is 0 Å². The number of aryl methyl sites for hydroxylation is 2.